The molecule has 132 valence electrons. The standard InChI is InChI=1S/C19H17N3O3S/c1-3-14-10-15-11-16(6-9-18(15)22(2)19(14)23)21-26(24,25)17-7-4-13(12-20)5-8-17/h4-11,21H,3H2,1-2H3. The van der Waals surface area contributed by atoms with Gasteiger partial charge in [0.1, 0.15) is 0 Å². The molecule has 0 spiro atoms. The Hall–Kier alpha value is -3.11. The molecule has 1 aromatic heterocycles. The first-order chi connectivity index (χ1) is 12.4. The van der Waals surface area contributed by atoms with Gasteiger partial charge in [-0.1, -0.05) is 6.92 Å². The molecule has 3 rings (SSSR count). The van der Waals surface area contributed by atoms with Crippen molar-refractivity contribution in [2.45, 2.75) is 18.2 Å². The molecule has 0 aliphatic rings. The van der Waals surface area contributed by atoms with Crippen LogP contribution in [0.25, 0.3) is 10.9 Å². The highest BCUT2D eigenvalue weighted by molar-refractivity contribution is 7.92. The van der Waals surface area contributed by atoms with Crippen LogP contribution in [0.15, 0.2) is 58.2 Å². The molecule has 0 saturated heterocycles. The number of nitrogens with zero attached hydrogens (tertiary/aromatic N) is 2. The van der Waals surface area contributed by atoms with E-state index in [2.05, 4.69) is 4.72 Å². The smallest absolute Gasteiger partial charge is 0.261 e. The largest absolute Gasteiger partial charge is 0.311 e. The molecule has 0 bridgehead atoms. The SMILES string of the molecule is CCc1cc2cc(NS(=O)(=O)c3ccc(C#N)cc3)ccc2n(C)c1=O. The first-order valence-electron chi connectivity index (χ1n) is 8.01. The van der Waals surface area contributed by atoms with Crippen LogP contribution in [-0.2, 0) is 23.5 Å². The molecule has 1 N–H and O–H groups in total. The van der Waals surface area contributed by atoms with Crippen molar-refractivity contribution in [3.8, 4) is 6.07 Å². The van der Waals surface area contributed by atoms with Gasteiger partial charge in [0.25, 0.3) is 15.6 Å². The summed E-state index contributed by atoms with van der Waals surface area (Å²) in [6.07, 6.45) is 0.601. The molecule has 0 fully saturated rings. The number of rotatable bonds is 4. The monoisotopic (exact) mass is 367 g/mol. The average Bonchev–Trinajstić information content (AvgIpc) is 2.64. The molecular weight excluding hydrogens is 350 g/mol. The second kappa shape index (κ2) is 6.65. The fourth-order valence-corrected chi connectivity index (χ4v) is 3.84. The summed E-state index contributed by atoms with van der Waals surface area (Å²) < 4.78 is 29.2. The van der Waals surface area contributed by atoms with Gasteiger partial charge in [0, 0.05) is 23.7 Å². The number of fused-ring (bicyclic) bond motifs is 1. The maximum absolute atomic E-state index is 12.5. The zero-order valence-electron chi connectivity index (χ0n) is 14.4. The topological polar surface area (TPSA) is 92.0 Å². The number of anilines is 1. The molecule has 1 heterocycles. The van der Waals surface area contributed by atoms with Crippen LogP contribution in [0.4, 0.5) is 5.69 Å². The van der Waals surface area contributed by atoms with Crippen molar-refractivity contribution in [1.29, 1.82) is 5.26 Å². The van der Waals surface area contributed by atoms with E-state index in [0.717, 1.165) is 10.9 Å². The minimum absolute atomic E-state index is 0.0501. The van der Waals surface area contributed by atoms with Gasteiger partial charge in [0.05, 0.1) is 22.0 Å². The number of aryl methyl sites for hydroxylation is 2. The van der Waals surface area contributed by atoms with E-state index < -0.39 is 10.0 Å². The fourth-order valence-electron chi connectivity index (χ4n) is 2.79. The number of aromatic nitrogens is 1. The fraction of sp³-hybridized carbons (Fsp3) is 0.158. The van der Waals surface area contributed by atoms with E-state index in [0.29, 0.717) is 23.2 Å². The molecule has 0 atom stereocenters. The van der Waals surface area contributed by atoms with E-state index in [-0.39, 0.29) is 10.5 Å². The van der Waals surface area contributed by atoms with Crippen LogP contribution in [0.5, 0.6) is 0 Å². The maximum Gasteiger partial charge on any atom is 0.261 e. The van der Waals surface area contributed by atoms with E-state index in [1.54, 1.807) is 35.9 Å². The average molecular weight is 367 g/mol. The summed E-state index contributed by atoms with van der Waals surface area (Å²) in [7, 11) is -2.07. The van der Waals surface area contributed by atoms with Crippen molar-refractivity contribution < 1.29 is 8.42 Å². The molecule has 0 amide bonds. The van der Waals surface area contributed by atoms with E-state index in [9.17, 15) is 13.2 Å². The minimum Gasteiger partial charge on any atom is -0.311 e. The van der Waals surface area contributed by atoms with Crippen LogP contribution < -0.4 is 10.3 Å². The van der Waals surface area contributed by atoms with E-state index in [1.165, 1.54) is 24.3 Å². The Morgan fingerprint density at radius 1 is 1.12 bits per heavy atom. The second-order valence-corrected chi connectivity index (χ2v) is 7.58. The van der Waals surface area contributed by atoms with Crippen molar-refractivity contribution in [1.82, 2.24) is 4.57 Å². The first kappa shape index (κ1) is 17.7. The Labute approximate surface area is 151 Å². The Kier molecular flexibility index (Phi) is 4.53. The molecule has 0 radical (unpaired) electrons. The van der Waals surface area contributed by atoms with Gasteiger partial charge >= 0.3 is 0 Å². The number of sulfonamides is 1. The molecule has 0 aliphatic heterocycles. The molecule has 0 unspecified atom stereocenters. The summed E-state index contributed by atoms with van der Waals surface area (Å²) in [5, 5.41) is 9.59. The summed E-state index contributed by atoms with van der Waals surface area (Å²) in [5.74, 6) is 0. The van der Waals surface area contributed by atoms with Crippen LogP contribution in [0.1, 0.15) is 18.1 Å². The molecule has 7 heteroatoms. The summed E-state index contributed by atoms with van der Waals surface area (Å²) >= 11 is 0. The van der Waals surface area contributed by atoms with E-state index in [4.69, 9.17) is 5.26 Å². The molecule has 0 saturated carbocycles. The summed E-state index contributed by atoms with van der Waals surface area (Å²) in [4.78, 5) is 12.3. The van der Waals surface area contributed by atoms with Gasteiger partial charge < -0.3 is 4.57 Å². The minimum atomic E-state index is -3.77. The van der Waals surface area contributed by atoms with Crippen LogP contribution in [-0.4, -0.2) is 13.0 Å². The molecule has 6 nitrogen and oxygen atoms in total. The van der Waals surface area contributed by atoms with Gasteiger partial charge in [-0.15, -0.1) is 0 Å². The Balaban J connectivity index is 2.01. The first-order valence-corrected chi connectivity index (χ1v) is 9.49. The predicted molar refractivity (Wildman–Crippen MR) is 101 cm³/mol. The lowest BCUT2D eigenvalue weighted by Gasteiger charge is -2.11. The maximum atomic E-state index is 12.5. The Morgan fingerprint density at radius 2 is 1.81 bits per heavy atom. The second-order valence-electron chi connectivity index (χ2n) is 5.90. The zero-order valence-corrected chi connectivity index (χ0v) is 15.2. The lowest BCUT2D eigenvalue weighted by atomic mass is 10.1. The third kappa shape index (κ3) is 3.19. The van der Waals surface area contributed by atoms with Gasteiger partial charge in [0.2, 0.25) is 0 Å². The normalized spacial score (nSPS) is 11.3. The highest BCUT2D eigenvalue weighted by atomic mass is 32.2. The van der Waals surface area contributed by atoms with Gasteiger partial charge in [-0.2, -0.15) is 5.26 Å². The molecule has 26 heavy (non-hydrogen) atoms. The molecule has 3 aromatic rings. The Morgan fingerprint density at radius 3 is 2.42 bits per heavy atom. The summed E-state index contributed by atoms with van der Waals surface area (Å²) in [6, 6.07) is 14.5. The third-order valence-electron chi connectivity index (χ3n) is 4.22. The van der Waals surface area contributed by atoms with Crippen LogP contribution in [0, 0.1) is 11.3 Å². The van der Waals surface area contributed by atoms with Gasteiger partial charge in [-0.25, -0.2) is 8.42 Å². The molecular formula is C19H17N3O3S. The van der Waals surface area contributed by atoms with Gasteiger partial charge in [-0.3, -0.25) is 9.52 Å². The Bertz CT molecular complexity index is 1190. The summed E-state index contributed by atoms with van der Waals surface area (Å²) in [6.45, 7) is 1.90. The zero-order chi connectivity index (χ0) is 18.9. The quantitative estimate of drug-likeness (QED) is 0.767. The van der Waals surface area contributed by atoms with Crippen molar-refractivity contribution >= 4 is 26.6 Å². The highest BCUT2D eigenvalue weighted by Crippen LogP contribution is 2.22. The van der Waals surface area contributed by atoms with Crippen molar-refractivity contribution in [2.24, 2.45) is 7.05 Å². The number of nitrogens with one attached hydrogen (secondary N) is 1. The highest BCUT2D eigenvalue weighted by Gasteiger charge is 2.15. The number of nitriles is 1. The predicted octanol–water partition coefficient (Wildman–Crippen LogP) is 2.77. The summed E-state index contributed by atoms with van der Waals surface area (Å²) in [5.41, 5.74) is 2.15. The van der Waals surface area contributed by atoms with Crippen molar-refractivity contribution in [3.63, 3.8) is 0 Å². The van der Waals surface area contributed by atoms with Crippen LogP contribution in [0.3, 0.4) is 0 Å². The molecule has 2 aromatic carbocycles. The third-order valence-corrected chi connectivity index (χ3v) is 5.62. The van der Waals surface area contributed by atoms with Gasteiger partial charge in [0.15, 0.2) is 0 Å². The lowest BCUT2D eigenvalue weighted by molar-refractivity contribution is 0.601. The van der Waals surface area contributed by atoms with Crippen LogP contribution >= 0.6 is 0 Å². The lowest BCUT2D eigenvalue weighted by Crippen LogP contribution is -2.21. The van der Waals surface area contributed by atoms with Gasteiger partial charge in [-0.05, 0) is 55.0 Å². The van der Waals surface area contributed by atoms with E-state index >= 15 is 0 Å². The number of benzene rings is 2. The molecule has 0 aliphatic carbocycles. The number of hydrogen-bond acceptors (Lipinski definition) is 4. The van der Waals surface area contributed by atoms with E-state index in [1.807, 2.05) is 13.0 Å². The number of hydrogen-bond donors (Lipinski definition) is 1. The van der Waals surface area contributed by atoms with Crippen LogP contribution in [0.2, 0.25) is 0 Å². The van der Waals surface area contributed by atoms with Crippen molar-refractivity contribution in [2.75, 3.05) is 4.72 Å². The number of pyridine rings is 1. The van der Waals surface area contributed by atoms with Crippen molar-refractivity contribution in [3.05, 3.63) is 70.0 Å².